The monoisotopic (exact) mass is 460 g/mol. The third-order valence-corrected chi connectivity index (χ3v) is 7.46. The number of piperidine rings is 1. The van der Waals surface area contributed by atoms with Gasteiger partial charge in [0, 0.05) is 49.4 Å². The van der Waals surface area contributed by atoms with E-state index >= 15 is 0 Å². The quantitative estimate of drug-likeness (QED) is 0.590. The SMILES string of the molecule is C=CCOc1ccc(Cl)c(Cl)c1C1Cc2nnc(C3CCN(C(=O)C4CC4)CC3)n2C1. The van der Waals surface area contributed by atoms with Crippen molar-refractivity contribution in [2.24, 2.45) is 5.92 Å². The fourth-order valence-corrected chi connectivity index (χ4v) is 5.33. The lowest BCUT2D eigenvalue weighted by Crippen LogP contribution is -2.39. The maximum Gasteiger partial charge on any atom is 0.225 e. The molecule has 1 atom stereocenters. The van der Waals surface area contributed by atoms with Gasteiger partial charge >= 0.3 is 0 Å². The Morgan fingerprint density at radius 1 is 1.16 bits per heavy atom. The maximum atomic E-state index is 12.4. The summed E-state index contributed by atoms with van der Waals surface area (Å²) in [4.78, 5) is 14.4. The molecule has 2 aliphatic heterocycles. The molecule has 2 fully saturated rings. The van der Waals surface area contributed by atoms with Gasteiger partial charge in [-0.3, -0.25) is 4.79 Å². The average Bonchev–Trinajstić information content (AvgIpc) is 3.44. The highest BCUT2D eigenvalue weighted by molar-refractivity contribution is 6.42. The van der Waals surface area contributed by atoms with Crippen molar-refractivity contribution in [2.45, 2.75) is 50.5 Å². The van der Waals surface area contributed by atoms with Gasteiger partial charge in [0.15, 0.2) is 0 Å². The van der Waals surface area contributed by atoms with Crippen molar-refractivity contribution >= 4 is 29.1 Å². The molecule has 1 aliphatic carbocycles. The van der Waals surface area contributed by atoms with Crippen LogP contribution >= 0.6 is 23.2 Å². The molecule has 5 rings (SSSR count). The lowest BCUT2D eigenvalue weighted by molar-refractivity contribution is -0.133. The highest BCUT2D eigenvalue weighted by Gasteiger charge is 2.37. The molecule has 1 unspecified atom stereocenters. The summed E-state index contributed by atoms with van der Waals surface area (Å²) in [5, 5.41) is 10.1. The number of hydrogen-bond donors (Lipinski definition) is 0. The molecular formula is C23H26Cl2N4O2. The number of ether oxygens (including phenoxy) is 1. The van der Waals surface area contributed by atoms with Gasteiger partial charge in [0.1, 0.15) is 24.0 Å². The van der Waals surface area contributed by atoms with Crippen molar-refractivity contribution in [3.63, 3.8) is 0 Å². The number of nitrogens with zero attached hydrogens (tertiary/aromatic N) is 4. The number of hydrogen-bond acceptors (Lipinski definition) is 4. The Balaban J connectivity index is 1.33. The van der Waals surface area contributed by atoms with Gasteiger partial charge in [-0.05, 0) is 37.8 Å². The largest absolute Gasteiger partial charge is 0.489 e. The van der Waals surface area contributed by atoms with Gasteiger partial charge in [-0.25, -0.2) is 0 Å². The summed E-state index contributed by atoms with van der Waals surface area (Å²) in [6, 6.07) is 3.64. The topological polar surface area (TPSA) is 60.3 Å². The lowest BCUT2D eigenvalue weighted by Gasteiger charge is -2.31. The van der Waals surface area contributed by atoms with Gasteiger partial charge in [0.2, 0.25) is 5.91 Å². The van der Waals surface area contributed by atoms with Gasteiger partial charge in [0.05, 0.1) is 10.0 Å². The summed E-state index contributed by atoms with van der Waals surface area (Å²) in [7, 11) is 0. The van der Waals surface area contributed by atoms with E-state index < -0.39 is 0 Å². The van der Waals surface area contributed by atoms with Crippen LogP contribution in [0.25, 0.3) is 0 Å². The van der Waals surface area contributed by atoms with Crippen molar-refractivity contribution in [1.29, 1.82) is 0 Å². The van der Waals surface area contributed by atoms with Crippen molar-refractivity contribution in [1.82, 2.24) is 19.7 Å². The molecule has 0 N–H and O–H groups in total. The Kier molecular flexibility index (Phi) is 5.69. The van der Waals surface area contributed by atoms with Crippen molar-refractivity contribution in [2.75, 3.05) is 19.7 Å². The molecule has 0 spiro atoms. The van der Waals surface area contributed by atoms with Crippen LogP contribution in [0.4, 0.5) is 0 Å². The van der Waals surface area contributed by atoms with Crippen molar-refractivity contribution in [3.05, 3.63) is 52.0 Å². The molecule has 1 amide bonds. The summed E-state index contributed by atoms with van der Waals surface area (Å²) in [6.07, 6.45) is 6.45. The second-order valence-corrected chi connectivity index (χ2v) is 9.52. The molecule has 6 nitrogen and oxygen atoms in total. The van der Waals surface area contributed by atoms with E-state index in [4.69, 9.17) is 27.9 Å². The lowest BCUT2D eigenvalue weighted by atomic mass is 9.95. The molecule has 3 heterocycles. The van der Waals surface area contributed by atoms with Crippen LogP contribution in [-0.4, -0.2) is 45.3 Å². The molecule has 0 radical (unpaired) electrons. The summed E-state index contributed by atoms with van der Waals surface area (Å²) in [5.41, 5.74) is 0.928. The highest BCUT2D eigenvalue weighted by Crippen LogP contribution is 2.43. The first-order valence-corrected chi connectivity index (χ1v) is 11.7. The van der Waals surface area contributed by atoms with Crippen LogP contribution in [0.2, 0.25) is 10.0 Å². The molecule has 31 heavy (non-hydrogen) atoms. The molecule has 1 aromatic carbocycles. The Bertz CT molecular complexity index is 1010. The van der Waals surface area contributed by atoms with Gasteiger partial charge in [-0.2, -0.15) is 0 Å². The van der Waals surface area contributed by atoms with Crippen LogP contribution in [0.3, 0.4) is 0 Å². The minimum absolute atomic E-state index is 0.131. The molecule has 8 heteroatoms. The van der Waals surface area contributed by atoms with E-state index in [9.17, 15) is 4.79 Å². The van der Waals surface area contributed by atoms with E-state index in [1.165, 1.54) is 0 Å². The van der Waals surface area contributed by atoms with Crippen LogP contribution in [-0.2, 0) is 17.8 Å². The smallest absolute Gasteiger partial charge is 0.225 e. The van der Waals surface area contributed by atoms with Gasteiger partial charge in [-0.1, -0.05) is 35.9 Å². The third-order valence-electron chi connectivity index (χ3n) is 6.64. The van der Waals surface area contributed by atoms with Crippen LogP contribution < -0.4 is 4.74 Å². The summed E-state index contributed by atoms with van der Waals surface area (Å²) < 4.78 is 8.11. The first kappa shape index (κ1) is 20.8. The van der Waals surface area contributed by atoms with Crippen LogP contribution in [0.5, 0.6) is 5.75 Å². The van der Waals surface area contributed by atoms with E-state index in [1.54, 1.807) is 12.1 Å². The first-order valence-electron chi connectivity index (χ1n) is 11.0. The molecule has 0 bridgehead atoms. The second kappa shape index (κ2) is 8.47. The summed E-state index contributed by atoms with van der Waals surface area (Å²) >= 11 is 12.9. The number of benzene rings is 1. The van der Waals surface area contributed by atoms with Crippen LogP contribution in [0, 0.1) is 5.92 Å². The number of carbonyl (C=O) groups is 1. The Hall–Kier alpha value is -2.05. The number of carbonyl (C=O) groups excluding carboxylic acids is 1. The Morgan fingerprint density at radius 2 is 1.94 bits per heavy atom. The fourth-order valence-electron chi connectivity index (χ4n) is 4.85. The number of fused-ring (bicyclic) bond motifs is 1. The predicted octanol–water partition coefficient (Wildman–Crippen LogP) is 4.61. The van der Waals surface area contributed by atoms with E-state index in [1.807, 2.05) is 11.0 Å². The Morgan fingerprint density at radius 3 is 2.65 bits per heavy atom. The zero-order valence-corrected chi connectivity index (χ0v) is 18.9. The summed E-state index contributed by atoms with van der Waals surface area (Å²) in [6.45, 7) is 6.51. The molecule has 1 saturated heterocycles. The van der Waals surface area contributed by atoms with E-state index in [-0.39, 0.29) is 11.8 Å². The van der Waals surface area contributed by atoms with Crippen LogP contribution in [0.15, 0.2) is 24.8 Å². The number of rotatable bonds is 6. The molecule has 1 aromatic heterocycles. The highest BCUT2D eigenvalue weighted by atomic mass is 35.5. The fraction of sp³-hybridized carbons (Fsp3) is 0.522. The van der Waals surface area contributed by atoms with E-state index in [0.29, 0.717) is 28.5 Å². The number of amides is 1. The molecule has 2 aromatic rings. The van der Waals surface area contributed by atoms with E-state index in [2.05, 4.69) is 21.3 Å². The van der Waals surface area contributed by atoms with Gasteiger partial charge < -0.3 is 14.2 Å². The Labute approximate surface area is 192 Å². The molecular weight excluding hydrogens is 435 g/mol. The van der Waals surface area contributed by atoms with Crippen LogP contribution in [0.1, 0.15) is 54.7 Å². The summed E-state index contributed by atoms with van der Waals surface area (Å²) in [5.74, 6) is 3.83. The maximum absolute atomic E-state index is 12.4. The predicted molar refractivity (Wildman–Crippen MR) is 120 cm³/mol. The van der Waals surface area contributed by atoms with Gasteiger partial charge in [0.25, 0.3) is 0 Å². The average molecular weight is 461 g/mol. The zero-order valence-electron chi connectivity index (χ0n) is 17.4. The minimum atomic E-state index is 0.131. The number of halogens is 2. The first-order chi connectivity index (χ1) is 15.1. The normalized spacial score (nSPS) is 21.2. The van der Waals surface area contributed by atoms with Crippen molar-refractivity contribution in [3.8, 4) is 5.75 Å². The molecule has 1 saturated carbocycles. The molecule has 3 aliphatic rings. The minimum Gasteiger partial charge on any atom is -0.489 e. The zero-order chi connectivity index (χ0) is 21.5. The number of likely N-dealkylation sites (tertiary alicyclic amines) is 1. The molecule has 164 valence electrons. The van der Waals surface area contributed by atoms with Crippen molar-refractivity contribution < 1.29 is 9.53 Å². The second-order valence-electron chi connectivity index (χ2n) is 8.73. The third kappa shape index (κ3) is 3.96. The van der Waals surface area contributed by atoms with E-state index in [0.717, 1.165) is 74.7 Å². The van der Waals surface area contributed by atoms with Gasteiger partial charge in [-0.15, -0.1) is 10.2 Å². The standard InChI is InChI=1S/C23H26Cl2N4O2/c1-2-11-31-18-6-5-17(24)21(25)20(18)16-12-19-26-27-22(29(19)13-16)14-7-9-28(10-8-14)23(30)15-3-4-15/h2,5-6,14-16H,1,3-4,7-13H2. The number of aromatic nitrogens is 3.